The summed E-state index contributed by atoms with van der Waals surface area (Å²) in [5, 5.41) is 15.4. The first-order valence-corrected chi connectivity index (χ1v) is 9.87. The Morgan fingerprint density at radius 3 is 2.94 bits per heavy atom. The molecule has 11 nitrogen and oxygen atoms in total. The third kappa shape index (κ3) is 3.45. The number of carbonyl (C=O) groups is 1. The van der Waals surface area contributed by atoms with E-state index in [-0.39, 0.29) is 23.3 Å². The van der Waals surface area contributed by atoms with Crippen LogP contribution in [-0.4, -0.2) is 52.5 Å². The largest absolute Gasteiger partial charge is 0.479 e. The highest BCUT2D eigenvalue weighted by Crippen LogP contribution is 2.30. The van der Waals surface area contributed by atoms with Gasteiger partial charge < -0.3 is 14.6 Å². The Morgan fingerprint density at radius 2 is 2.12 bits per heavy atom. The number of fused-ring (bicyclic) bond motifs is 1. The minimum Gasteiger partial charge on any atom is -0.479 e. The SMILES string of the molecule is COc1nn(-c2cncc(F)n2)cc1C(=O)Nc1cccc(-c2nnc3n2[C@H](C)CC3)n1. The second-order valence-corrected chi connectivity index (χ2v) is 7.26. The maximum Gasteiger partial charge on any atom is 0.263 e. The second kappa shape index (κ2) is 7.80. The lowest BCUT2D eigenvalue weighted by Gasteiger charge is -2.10. The van der Waals surface area contributed by atoms with E-state index < -0.39 is 11.9 Å². The molecule has 162 valence electrons. The number of hydrogen-bond donors (Lipinski definition) is 1. The molecule has 5 rings (SSSR count). The Kier molecular flexibility index (Phi) is 4.81. The van der Waals surface area contributed by atoms with Gasteiger partial charge in [-0.2, -0.15) is 9.37 Å². The molecule has 32 heavy (non-hydrogen) atoms. The number of halogens is 1. The fourth-order valence-electron chi connectivity index (χ4n) is 3.64. The van der Waals surface area contributed by atoms with Gasteiger partial charge in [0.1, 0.15) is 22.9 Å². The highest BCUT2D eigenvalue weighted by atomic mass is 19.1. The first-order valence-electron chi connectivity index (χ1n) is 9.87. The third-order valence-corrected chi connectivity index (χ3v) is 5.16. The number of nitrogens with zero attached hydrogens (tertiary/aromatic N) is 8. The fraction of sp³-hybridized carbons (Fsp3) is 0.250. The highest BCUT2D eigenvalue weighted by molar-refractivity contribution is 6.05. The number of aromatic nitrogens is 8. The maximum absolute atomic E-state index is 13.4. The molecule has 0 unspecified atom stereocenters. The van der Waals surface area contributed by atoms with Gasteiger partial charge in [-0.1, -0.05) is 6.07 Å². The number of methoxy groups -OCH3 is 1. The van der Waals surface area contributed by atoms with Crippen LogP contribution in [0.3, 0.4) is 0 Å². The average molecular weight is 435 g/mol. The van der Waals surface area contributed by atoms with Crippen LogP contribution in [0.2, 0.25) is 0 Å². The van der Waals surface area contributed by atoms with Crippen LogP contribution in [0.15, 0.2) is 36.8 Å². The van der Waals surface area contributed by atoms with E-state index in [1.807, 2.05) is 6.07 Å². The van der Waals surface area contributed by atoms with E-state index >= 15 is 0 Å². The molecule has 1 atom stereocenters. The lowest BCUT2D eigenvalue weighted by molar-refractivity contribution is 0.102. The molecule has 1 aliphatic rings. The molecule has 0 fully saturated rings. The van der Waals surface area contributed by atoms with E-state index in [4.69, 9.17) is 4.74 Å². The molecule has 4 aromatic rings. The van der Waals surface area contributed by atoms with Crippen LogP contribution in [0.1, 0.15) is 35.6 Å². The van der Waals surface area contributed by atoms with Crippen LogP contribution < -0.4 is 10.1 Å². The topological polar surface area (TPSA) is 126 Å². The molecule has 0 spiro atoms. The lowest BCUT2D eigenvalue weighted by Crippen LogP contribution is -2.14. The Balaban J connectivity index is 1.42. The van der Waals surface area contributed by atoms with Crippen LogP contribution in [-0.2, 0) is 6.42 Å². The summed E-state index contributed by atoms with van der Waals surface area (Å²) in [7, 11) is 1.38. The van der Waals surface area contributed by atoms with E-state index in [9.17, 15) is 9.18 Å². The normalized spacial score (nSPS) is 14.9. The van der Waals surface area contributed by atoms with Gasteiger partial charge in [-0.3, -0.25) is 9.78 Å². The lowest BCUT2D eigenvalue weighted by atomic mass is 10.2. The molecule has 5 heterocycles. The van der Waals surface area contributed by atoms with Gasteiger partial charge in [0.15, 0.2) is 11.6 Å². The van der Waals surface area contributed by atoms with Crippen molar-refractivity contribution in [3.63, 3.8) is 0 Å². The predicted octanol–water partition coefficient (Wildman–Crippen LogP) is 2.22. The first-order chi connectivity index (χ1) is 15.5. The van der Waals surface area contributed by atoms with Crippen molar-refractivity contribution in [2.75, 3.05) is 12.4 Å². The Morgan fingerprint density at radius 1 is 1.25 bits per heavy atom. The standard InChI is InChI=1S/C20H18FN9O2/c1-11-6-7-16-26-27-18(30(11)16)13-4-3-5-15(23-13)25-19(31)12-10-29(28-20(12)32-2)17-9-22-8-14(21)24-17/h3-5,8-11H,6-7H2,1-2H3,(H,23,25,31)/t11-/m1/s1. The van der Waals surface area contributed by atoms with E-state index in [0.29, 0.717) is 17.3 Å². The second-order valence-electron chi connectivity index (χ2n) is 7.26. The van der Waals surface area contributed by atoms with Crippen molar-refractivity contribution < 1.29 is 13.9 Å². The van der Waals surface area contributed by atoms with E-state index in [1.54, 1.807) is 12.1 Å². The van der Waals surface area contributed by atoms with Gasteiger partial charge in [0.25, 0.3) is 5.91 Å². The van der Waals surface area contributed by atoms with Crippen LogP contribution in [0.25, 0.3) is 17.3 Å². The number of nitrogens with one attached hydrogen (secondary N) is 1. The van der Waals surface area contributed by atoms with Crippen LogP contribution in [0.5, 0.6) is 5.88 Å². The predicted molar refractivity (Wildman–Crippen MR) is 110 cm³/mol. The number of rotatable bonds is 5. The molecule has 0 saturated heterocycles. The van der Waals surface area contributed by atoms with Crippen molar-refractivity contribution in [1.82, 2.24) is 39.5 Å². The fourth-order valence-corrected chi connectivity index (χ4v) is 3.64. The molecule has 4 aromatic heterocycles. The van der Waals surface area contributed by atoms with Crippen molar-refractivity contribution in [2.24, 2.45) is 0 Å². The maximum atomic E-state index is 13.4. The molecule has 1 N–H and O–H groups in total. The number of hydrogen-bond acceptors (Lipinski definition) is 8. The summed E-state index contributed by atoms with van der Waals surface area (Å²) in [5.41, 5.74) is 0.732. The summed E-state index contributed by atoms with van der Waals surface area (Å²) in [4.78, 5) is 24.9. The first kappa shape index (κ1) is 19.7. The molecule has 0 aliphatic carbocycles. The smallest absolute Gasteiger partial charge is 0.263 e. The Hall–Kier alpha value is -4.22. The average Bonchev–Trinajstić information content (AvgIpc) is 3.50. The molecule has 0 saturated carbocycles. The summed E-state index contributed by atoms with van der Waals surface area (Å²) in [6.07, 6.45) is 5.56. The molecule has 0 bridgehead atoms. The van der Waals surface area contributed by atoms with Crippen molar-refractivity contribution >= 4 is 11.7 Å². The molecule has 0 aromatic carbocycles. The third-order valence-electron chi connectivity index (χ3n) is 5.16. The highest BCUT2D eigenvalue weighted by Gasteiger charge is 2.25. The number of pyridine rings is 1. The monoisotopic (exact) mass is 435 g/mol. The zero-order valence-corrected chi connectivity index (χ0v) is 17.2. The van der Waals surface area contributed by atoms with Crippen LogP contribution in [0, 0.1) is 5.95 Å². The van der Waals surface area contributed by atoms with Gasteiger partial charge in [0.05, 0.1) is 19.5 Å². The van der Waals surface area contributed by atoms with E-state index in [2.05, 4.69) is 47.1 Å². The van der Waals surface area contributed by atoms with E-state index in [0.717, 1.165) is 24.9 Å². The van der Waals surface area contributed by atoms with Crippen molar-refractivity contribution in [1.29, 1.82) is 0 Å². The quantitative estimate of drug-likeness (QED) is 0.506. The van der Waals surface area contributed by atoms with Gasteiger partial charge in [0, 0.05) is 18.7 Å². The minimum absolute atomic E-state index is 0.0498. The van der Waals surface area contributed by atoms with Gasteiger partial charge >= 0.3 is 0 Å². The van der Waals surface area contributed by atoms with E-state index in [1.165, 1.54) is 24.2 Å². The summed E-state index contributed by atoms with van der Waals surface area (Å²) in [6, 6.07) is 5.55. The zero-order chi connectivity index (χ0) is 22.2. The molecular formula is C20H18FN9O2. The van der Waals surface area contributed by atoms with Gasteiger partial charge in [-0.25, -0.2) is 9.67 Å². The number of ether oxygens (including phenoxy) is 1. The Bertz CT molecular complexity index is 1320. The molecule has 12 heteroatoms. The number of anilines is 1. The number of aryl methyl sites for hydroxylation is 1. The summed E-state index contributed by atoms with van der Waals surface area (Å²) in [5.74, 6) is 0.819. The van der Waals surface area contributed by atoms with Crippen LogP contribution in [0.4, 0.5) is 10.2 Å². The summed E-state index contributed by atoms with van der Waals surface area (Å²) in [6.45, 7) is 2.11. The zero-order valence-electron chi connectivity index (χ0n) is 17.2. The van der Waals surface area contributed by atoms with Crippen molar-refractivity contribution in [3.8, 4) is 23.2 Å². The molecule has 1 aliphatic heterocycles. The molecule has 1 amide bonds. The minimum atomic E-state index is -0.765. The van der Waals surface area contributed by atoms with Crippen molar-refractivity contribution in [2.45, 2.75) is 25.8 Å². The van der Waals surface area contributed by atoms with Crippen molar-refractivity contribution in [3.05, 3.63) is 54.1 Å². The Labute approximate surface area is 181 Å². The van der Waals surface area contributed by atoms with Gasteiger partial charge in [0.2, 0.25) is 11.8 Å². The summed E-state index contributed by atoms with van der Waals surface area (Å²) < 4.78 is 21.9. The van der Waals surface area contributed by atoms with Gasteiger partial charge in [-0.15, -0.1) is 15.3 Å². The molecule has 0 radical (unpaired) electrons. The van der Waals surface area contributed by atoms with Gasteiger partial charge in [-0.05, 0) is 25.5 Å². The number of amides is 1. The number of carbonyl (C=O) groups excluding carboxylic acids is 1. The summed E-state index contributed by atoms with van der Waals surface area (Å²) >= 11 is 0. The van der Waals surface area contributed by atoms with Crippen LogP contribution >= 0.6 is 0 Å². The molecular weight excluding hydrogens is 417 g/mol.